The first-order valence-corrected chi connectivity index (χ1v) is 7.25. The highest BCUT2D eigenvalue weighted by Gasteiger charge is 2.12. The molecule has 0 amide bonds. The number of benzene rings is 2. The molecule has 4 nitrogen and oxygen atoms in total. The van der Waals surface area contributed by atoms with Crippen molar-refractivity contribution in [3.63, 3.8) is 0 Å². The largest absolute Gasteiger partial charge is 0.497 e. The van der Waals surface area contributed by atoms with Crippen molar-refractivity contribution in [2.75, 3.05) is 7.11 Å². The van der Waals surface area contributed by atoms with E-state index in [-0.39, 0.29) is 5.76 Å². The Kier molecular flexibility index (Phi) is 5.06. The van der Waals surface area contributed by atoms with Crippen LogP contribution in [-0.4, -0.2) is 18.2 Å². The molecule has 0 fully saturated rings. The molecule has 2 aromatic carbocycles. The maximum Gasteiger partial charge on any atom is 0.371 e. The highest BCUT2D eigenvalue weighted by molar-refractivity contribution is 5.90. The molecule has 0 saturated heterocycles. The van der Waals surface area contributed by atoms with Gasteiger partial charge in [0.15, 0.2) is 0 Å². The molecule has 0 aromatic heterocycles. The molecule has 120 valence electrons. The van der Waals surface area contributed by atoms with E-state index < -0.39 is 5.97 Å². The number of hydrogen-bond donors (Lipinski definition) is 1. The van der Waals surface area contributed by atoms with Crippen LogP contribution in [0, 0.1) is 20.8 Å². The fourth-order valence-corrected chi connectivity index (χ4v) is 2.19. The summed E-state index contributed by atoms with van der Waals surface area (Å²) in [6.45, 7) is 5.98. The number of carboxylic acid groups (broad SMARTS) is 1. The van der Waals surface area contributed by atoms with Gasteiger partial charge >= 0.3 is 5.97 Å². The second-order valence-electron chi connectivity index (χ2n) is 5.38. The lowest BCUT2D eigenvalue weighted by Gasteiger charge is -2.10. The average Bonchev–Trinajstić information content (AvgIpc) is 2.52. The number of rotatable bonds is 5. The van der Waals surface area contributed by atoms with E-state index in [4.69, 9.17) is 9.47 Å². The maximum absolute atomic E-state index is 11.5. The minimum absolute atomic E-state index is 0.124. The number of hydrogen-bond acceptors (Lipinski definition) is 3. The van der Waals surface area contributed by atoms with Crippen LogP contribution in [0.3, 0.4) is 0 Å². The zero-order valence-electron chi connectivity index (χ0n) is 13.7. The number of aryl methyl sites for hydroxylation is 3. The van der Waals surface area contributed by atoms with E-state index in [1.807, 2.05) is 32.9 Å². The second-order valence-corrected chi connectivity index (χ2v) is 5.38. The van der Waals surface area contributed by atoms with Crippen LogP contribution in [0.25, 0.3) is 6.08 Å². The molecule has 0 aliphatic rings. The van der Waals surface area contributed by atoms with Gasteiger partial charge in [0.05, 0.1) is 7.11 Å². The SMILES string of the molecule is COc1ccc(OC(=Cc2cc(C)c(C)cc2C)C(=O)O)cc1. The summed E-state index contributed by atoms with van der Waals surface area (Å²) in [4.78, 5) is 11.5. The minimum Gasteiger partial charge on any atom is -0.497 e. The Morgan fingerprint density at radius 2 is 1.52 bits per heavy atom. The normalized spacial score (nSPS) is 11.2. The highest BCUT2D eigenvalue weighted by Crippen LogP contribution is 2.22. The standard InChI is InChI=1S/C19H20O4/c1-12-9-14(3)15(10-13(12)2)11-18(19(20)21)23-17-7-5-16(22-4)6-8-17/h5-11H,1-4H3,(H,20,21). The van der Waals surface area contributed by atoms with E-state index in [0.717, 1.165) is 16.7 Å². The lowest BCUT2D eigenvalue weighted by molar-refractivity contribution is -0.134. The van der Waals surface area contributed by atoms with Crippen LogP contribution in [0.2, 0.25) is 0 Å². The number of carbonyl (C=O) groups is 1. The predicted octanol–water partition coefficient (Wildman–Crippen LogP) is 4.12. The number of aliphatic carboxylic acids is 1. The molecule has 0 spiro atoms. The van der Waals surface area contributed by atoms with Gasteiger partial charge in [-0.3, -0.25) is 0 Å². The van der Waals surface area contributed by atoms with E-state index in [1.54, 1.807) is 37.5 Å². The molecule has 0 aliphatic heterocycles. The Bertz CT molecular complexity index is 743. The number of ether oxygens (including phenoxy) is 2. The Hall–Kier alpha value is -2.75. The second kappa shape index (κ2) is 7.01. The van der Waals surface area contributed by atoms with Gasteiger partial charge in [0, 0.05) is 0 Å². The summed E-state index contributed by atoms with van der Waals surface area (Å²) in [5.41, 5.74) is 4.12. The third kappa shape index (κ3) is 4.13. The summed E-state index contributed by atoms with van der Waals surface area (Å²) in [5.74, 6) is -0.107. The van der Waals surface area contributed by atoms with Crippen molar-refractivity contribution in [3.05, 3.63) is 64.4 Å². The van der Waals surface area contributed by atoms with Crippen molar-refractivity contribution in [1.29, 1.82) is 0 Å². The Balaban J connectivity index is 2.34. The third-order valence-electron chi connectivity index (χ3n) is 3.67. The van der Waals surface area contributed by atoms with Crippen LogP contribution in [0.4, 0.5) is 0 Å². The lowest BCUT2D eigenvalue weighted by atomic mass is 10.0. The van der Waals surface area contributed by atoms with E-state index in [2.05, 4.69) is 0 Å². The molecule has 23 heavy (non-hydrogen) atoms. The van der Waals surface area contributed by atoms with Crippen molar-refractivity contribution in [1.82, 2.24) is 0 Å². The van der Waals surface area contributed by atoms with E-state index >= 15 is 0 Å². The Labute approximate surface area is 136 Å². The molecule has 2 rings (SSSR count). The van der Waals surface area contributed by atoms with Gasteiger partial charge in [0.1, 0.15) is 11.5 Å². The molecular formula is C19H20O4. The van der Waals surface area contributed by atoms with E-state index in [1.165, 1.54) is 5.56 Å². The van der Waals surface area contributed by atoms with Crippen LogP contribution >= 0.6 is 0 Å². The summed E-state index contributed by atoms with van der Waals surface area (Å²) in [7, 11) is 1.57. The Morgan fingerprint density at radius 3 is 2.09 bits per heavy atom. The zero-order valence-corrected chi connectivity index (χ0v) is 13.7. The first-order valence-electron chi connectivity index (χ1n) is 7.25. The molecule has 0 radical (unpaired) electrons. The quantitative estimate of drug-likeness (QED) is 0.666. The molecule has 0 saturated carbocycles. The molecule has 4 heteroatoms. The van der Waals surface area contributed by atoms with Gasteiger partial charge in [-0.25, -0.2) is 4.79 Å². The van der Waals surface area contributed by atoms with Gasteiger partial charge in [-0.15, -0.1) is 0 Å². The fraction of sp³-hybridized carbons (Fsp3) is 0.211. The molecule has 1 N–H and O–H groups in total. The summed E-state index contributed by atoms with van der Waals surface area (Å²) < 4.78 is 10.6. The number of methoxy groups -OCH3 is 1. The van der Waals surface area contributed by atoms with Crippen molar-refractivity contribution in [2.45, 2.75) is 20.8 Å². The van der Waals surface area contributed by atoms with Gasteiger partial charge in [0.25, 0.3) is 0 Å². The number of carboxylic acids is 1. The Morgan fingerprint density at radius 1 is 0.957 bits per heavy atom. The van der Waals surface area contributed by atoms with Gasteiger partial charge < -0.3 is 14.6 Å². The van der Waals surface area contributed by atoms with Crippen LogP contribution in [-0.2, 0) is 4.79 Å². The lowest BCUT2D eigenvalue weighted by Crippen LogP contribution is -2.08. The molecule has 2 aromatic rings. The van der Waals surface area contributed by atoms with Crippen LogP contribution in [0.1, 0.15) is 22.3 Å². The van der Waals surface area contributed by atoms with Crippen LogP contribution in [0.15, 0.2) is 42.2 Å². The highest BCUT2D eigenvalue weighted by atomic mass is 16.5. The smallest absolute Gasteiger partial charge is 0.371 e. The summed E-state index contributed by atoms with van der Waals surface area (Å²) >= 11 is 0. The van der Waals surface area contributed by atoms with Crippen molar-refractivity contribution >= 4 is 12.0 Å². The first kappa shape index (κ1) is 16.6. The van der Waals surface area contributed by atoms with Crippen molar-refractivity contribution in [3.8, 4) is 11.5 Å². The van der Waals surface area contributed by atoms with Crippen LogP contribution < -0.4 is 9.47 Å². The topological polar surface area (TPSA) is 55.8 Å². The van der Waals surface area contributed by atoms with Crippen molar-refractivity contribution in [2.24, 2.45) is 0 Å². The fourth-order valence-electron chi connectivity index (χ4n) is 2.19. The molecule has 0 unspecified atom stereocenters. The molecule has 0 heterocycles. The van der Waals surface area contributed by atoms with Gasteiger partial charge in [0.2, 0.25) is 5.76 Å². The summed E-state index contributed by atoms with van der Waals surface area (Å²) in [6.07, 6.45) is 1.55. The summed E-state index contributed by atoms with van der Waals surface area (Å²) in [6, 6.07) is 10.8. The van der Waals surface area contributed by atoms with E-state index in [9.17, 15) is 9.90 Å². The molecule has 0 aliphatic carbocycles. The third-order valence-corrected chi connectivity index (χ3v) is 3.67. The van der Waals surface area contributed by atoms with Gasteiger partial charge in [-0.2, -0.15) is 0 Å². The maximum atomic E-state index is 11.5. The molecule has 0 atom stereocenters. The van der Waals surface area contributed by atoms with Gasteiger partial charge in [-0.05, 0) is 73.4 Å². The molecule has 0 bridgehead atoms. The van der Waals surface area contributed by atoms with Crippen molar-refractivity contribution < 1.29 is 19.4 Å². The summed E-state index contributed by atoms with van der Waals surface area (Å²) in [5, 5.41) is 9.39. The monoisotopic (exact) mass is 312 g/mol. The first-order chi connectivity index (χ1) is 10.9. The van der Waals surface area contributed by atoms with Crippen LogP contribution in [0.5, 0.6) is 11.5 Å². The predicted molar refractivity (Wildman–Crippen MR) is 89.9 cm³/mol. The zero-order chi connectivity index (χ0) is 17.0. The van der Waals surface area contributed by atoms with E-state index in [0.29, 0.717) is 11.5 Å². The molecular weight excluding hydrogens is 292 g/mol. The van der Waals surface area contributed by atoms with Gasteiger partial charge in [-0.1, -0.05) is 12.1 Å². The minimum atomic E-state index is -1.11. The average molecular weight is 312 g/mol.